The van der Waals surface area contributed by atoms with Crippen molar-refractivity contribution in [1.82, 2.24) is 0 Å². The molecule has 0 aliphatic carbocycles. The Balaban J connectivity index is 2.31. The van der Waals surface area contributed by atoms with E-state index in [0.717, 1.165) is 25.9 Å². The largest absolute Gasteiger partial charge is 0.495 e. The van der Waals surface area contributed by atoms with Crippen molar-refractivity contribution in [3.63, 3.8) is 0 Å². The van der Waals surface area contributed by atoms with Crippen molar-refractivity contribution in [2.75, 3.05) is 12.4 Å². The first-order chi connectivity index (χ1) is 9.92. The molecule has 0 amide bonds. The van der Waals surface area contributed by atoms with Crippen LogP contribution in [0.15, 0.2) is 39.3 Å². The van der Waals surface area contributed by atoms with Gasteiger partial charge in [-0.05, 0) is 68.6 Å². The molecule has 0 aliphatic heterocycles. The lowest BCUT2D eigenvalue weighted by Gasteiger charge is -2.19. The maximum Gasteiger partial charge on any atom is 0.135 e. The minimum atomic E-state index is -0.00150. The van der Waals surface area contributed by atoms with Gasteiger partial charge in [-0.15, -0.1) is 0 Å². The molecule has 0 aliphatic rings. The molecular formula is C15H13Br2Cl2NO. The number of hydrogen-bond donors (Lipinski definition) is 1. The number of halogens is 4. The van der Waals surface area contributed by atoms with Crippen LogP contribution in [0, 0.1) is 0 Å². The lowest BCUT2D eigenvalue weighted by atomic mass is 10.1. The highest BCUT2D eigenvalue weighted by Crippen LogP contribution is 2.37. The summed E-state index contributed by atoms with van der Waals surface area (Å²) >= 11 is 19.3. The zero-order valence-corrected chi connectivity index (χ0v) is 16.1. The quantitative estimate of drug-likeness (QED) is 0.556. The topological polar surface area (TPSA) is 21.3 Å². The molecule has 0 aromatic heterocycles. The first-order valence-electron chi connectivity index (χ1n) is 6.17. The third kappa shape index (κ3) is 4.07. The van der Waals surface area contributed by atoms with Crippen LogP contribution >= 0.6 is 55.1 Å². The number of anilines is 1. The van der Waals surface area contributed by atoms with Gasteiger partial charge in [-0.3, -0.25) is 0 Å². The number of rotatable bonds is 4. The highest BCUT2D eigenvalue weighted by Gasteiger charge is 2.13. The monoisotopic (exact) mass is 451 g/mol. The summed E-state index contributed by atoms with van der Waals surface area (Å²) in [5, 5.41) is 4.75. The molecular weight excluding hydrogens is 441 g/mol. The van der Waals surface area contributed by atoms with Gasteiger partial charge in [0.2, 0.25) is 0 Å². The minimum absolute atomic E-state index is 0.00150. The molecule has 0 fully saturated rings. The van der Waals surface area contributed by atoms with Gasteiger partial charge < -0.3 is 10.1 Å². The summed E-state index contributed by atoms with van der Waals surface area (Å²) in [4.78, 5) is 0. The third-order valence-electron chi connectivity index (χ3n) is 3.04. The Labute approximate surface area is 151 Å². The number of nitrogens with one attached hydrogen (secondary N) is 1. The fourth-order valence-electron chi connectivity index (χ4n) is 1.95. The van der Waals surface area contributed by atoms with Crippen molar-refractivity contribution in [3.05, 3.63) is 54.9 Å². The van der Waals surface area contributed by atoms with Gasteiger partial charge in [0.1, 0.15) is 5.75 Å². The molecule has 1 atom stereocenters. The lowest BCUT2D eigenvalue weighted by molar-refractivity contribution is 0.412. The van der Waals surface area contributed by atoms with Crippen molar-refractivity contribution < 1.29 is 4.74 Å². The van der Waals surface area contributed by atoms with Crippen LogP contribution in [0.2, 0.25) is 10.0 Å². The van der Waals surface area contributed by atoms with Gasteiger partial charge in [-0.1, -0.05) is 23.2 Å². The SMILES string of the molecule is COc1cc(NC(C)c2cc(Cl)ccc2Cl)c(Br)cc1Br. The Morgan fingerprint density at radius 3 is 2.48 bits per heavy atom. The van der Waals surface area contributed by atoms with Gasteiger partial charge in [-0.2, -0.15) is 0 Å². The van der Waals surface area contributed by atoms with E-state index in [2.05, 4.69) is 37.2 Å². The van der Waals surface area contributed by atoms with Gasteiger partial charge in [0.15, 0.2) is 0 Å². The Bertz CT molecular complexity index is 664. The Morgan fingerprint density at radius 2 is 1.81 bits per heavy atom. The Hall–Kier alpha value is -0.420. The Kier molecular flexibility index (Phi) is 5.83. The summed E-state index contributed by atoms with van der Waals surface area (Å²) < 4.78 is 7.13. The van der Waals surface area contributed by atoms with Crippen LogP contribution in [0.5, 0.6) is 5.75 Å². The van der Waals surface area contributed by atoms with Gasteiger partial charge in [-0.25, -0.2) is 0 Å². The van der Waals surface area contributed by atoms with E-state index in [-0.39, 0.29) is 6.04 Å². The standard InChI is InChI=1S/C15H13Br2Cl2NO/c1-8(10-5-9(18)3-4-13(10)19)20-14-7-15(21-2)12(17)6-11(14)16/h3-8,20H,1-2H3. The van der Waals surface area contributed by atoms with E-state index >= 15 is 0 Å². The molecule has 2 aromatic carbocycles. The van der Waals surface area contributed by atoms with Gasteiger partial charge in [0, 0.05) is 20.6 Å². The molecule has 0 saturated carbocycles. The van der Waals surface area contributed by atoms with Crippen LogP contribution < -0.4 is 10.1 Å². The predicted molar refractivity (Wildman–Crippen MR) is 96.9 cm³/mol. The summed E-state index contributed by atoms with van der Waals surface area (Å²) in [6.45, 7) is 2.03. The summed E-state index contributed by atoms with van der Waals surface area (Å²) in [5.74, 6) is 0.755. The fraction of sp³-hybridized carbons (Fsp3) is 0.200. The van der Waals surface area contributed by atoms with Crippen molar-refractivity contribution >= 4 is 60.7 Å². The molecule has 1 N–H and O–H groups in total. The highest BCUT2D eigenvalue weighted by molar-refractivity contribution is 9.11. The van der Waals surface area contributed by atoms with E-state index in [4.69, 9.17) is 27.9 Å². The zero-order valence-electron chi connectivity index (χ0n) is 11.4. The average molecular weight is 454 g/mol. The van der Waals surface area contributed by atoms with Crippen molar-refractivity contribution in [3.8, 4) is 5.75 Å². The first-order valence-corrected chi connectivity index (χ1v) is 8.51. The average Bonchev–Trinajstić information content (AvgIpc) is 2.44. The fourth-order valence-corrected chi connectivity index (χ4v) is 3.69. The van der Waals surface area contributed by atoms with Crippen molar-refractivity contribution in [2.45, 2.75) is 13.0 Å². The molecule has 2 rings (SSSR count). The molecule has 1 unspecified atom stereocenters. The van der Waals surface area contributed by atoms with E-state index < -0.39 is 0 Å². The van der Waals surface area contributed by atoms with E-state index in [1.165, 1.54) is 0 Å². The molecule has 21 heavy (non-hydrogen) atoms. The van der Waals surface area contributed by atoms with E-state index in [0.29, 0.717) is 10.0 Å². The number of hydrogen-bond acceptors (Lipinski definition) is 2. The van der Waals surface area contributed by atoms with Crippen molar-refractivity contribution in [1.29, 1.82) is 0 Å². The molecule has 0 saturated heterocycles. The Morgan fingerprint density at radius 1 is 1.10 bits per heavy atom. The molecule has 2 aromatic rings. The number of methoxy groups -OCH3 is 1. The molecule has 0 radical (unpaired) electrons. The summed E-state index contributed by atoms with van der Waals surface area (Å²) in [6.07, 6.45) is 0. The van der Waals surface area contributed by atoms with E-state index in [1.54, 1.807) is 19.2 Å². The number of ether oxygens (including phenoxy) is 1. The number of benzene rings is 2. The van der Waals surface area contributed by atoms with Gasteiger partial charge in [0.25, 0.3) is 0 Å². The third-order valence-corrected chi connectivity index (χ3v) is 4.89. The summed E-state index contributed by atoms with van der Waals surface area (Å²) in [7, 11) is 1.63. The summed E-state index contributed by atoms with van der Waals surface area (Å²) in [5.41, 5.74) is 1.86. The second kappa shape index (κ2) is 7.23. The molecule has 0 heterocycles. The molecule has 0 spiro atoms. The predicted octanol–water partition coefficient (Wildman–Crippen LogP) is 6.70. The van der Waals surface area contributed by atoms with Crippen LogP contribution in [-0.4, -0.2) is 7.11 Å². The van der Waals surface area contributed by atoms with E-state index in [1.807, 2.05) is 25.1 Å². The van der Waals surface area contributed by atoms with Crippen LogP contribution in [0.4, 0.5) is 5.69 Å². The van der Waals surface area contributed by atoms with Crippen LogP contribution in [-0.2, 0) is 0 Å². The maximum absolute atomic E-state index is 6.24. The molecule has 6 heteroatoms. The lowest BCUT2D eigenvalue weighted by Crippen LogP contribution is -2.08. The van der Waals surface area contributed by atoms with E-state index in [9.17, 15) is 0 Å². The zero-order chi connectivity index (χ0) is 15.6. The van der Waals surface area contributed by atoms with Crippen LogP contribution in [0.3, 0.4) is 0 Å². The normalized spacial score (nSPS) is 12.1. The molecule has 112 valence electrons. The second-order valence-corrected chi connectivity index (χ2v) is 7.05. The molecule has 2 nitrogen and oxygen atoms in total. The van der Waals surface area contributed by atoms with Crippen molar-refractivity contribution in [2.24, 2.45) is 0 Å². The first kappa shape index (κ1) is 16.9. The van der Waals surface area contributed by atoms with Gasteiger partial charge in [0.05, 0.1) is 23.3 Å². The molecule has 0 bridgehead atoms. The van der Waals surface area contributed by atoms with Gasteiger partial charge >= 0.3 is 0 Å². The summed E-state index contributed by atoms with van der Waals surface area (Å²) in [6, 6.07) is 9.30. The van der Waals surface area contributed by atoms with Crippen LogP contribution in [0.25, 0.3) is 0 Å². The highest BCUT2D eigenvalue weighted by atomic mass is 79.9. The second-order valence-electron chi connectivity index (χ2n) is 4.50. The van der Waals surface area contributed by atoms with Crippen LogP contribution in [0.1, 0.15) is 18.5 Å². The maximum atomic E-state index is 6.24. The minimum Gasteiger partial charge on any atom is -0.495 e. The smallest absolute Gasteiger partial charge is 0.135 e.